The fourth-order valence-corrected chi connectivity index (χ4v) is 2.07. The molecule has 0 radical (unpaired) electrons. The number of carbonyl (C=O) groups excluding carboxylic acids is 1. The van der Waals surface area contributed by atoms with E-state index in [1.54, 1.807) is 12.3 Å². The van der Waals surface area contributed by atoms with Crippen LogP contribution in [-0.4, -0.2) is 25.0 Å². The minimum absolute atomic E-state index is 0. The van der Waals surface area contributed by atoms with Gasteiger partial charge in [0, 0.05) is 11.6 Å². The predicted octanol–water partition coefficient (Wildman–Crippen LogP) is 1.74. The first kappa shape index (κ1) is 14.1. The van der Waals surface area contributed by atoms with E-state index in [-0.39, 0.29) is 24.4 Å². The second kappa shape index (κ2) is 6.07. The van der Waals surface area contributed by atoms with E-state index in [9.17, 15) is 4.79 Å². The summed E-state index contributed by atoms with van der Waals surface area (Å²) in [5, 5.41) is 6.35. The van der Waals surface area contributed by atoms with E-state index in [0.717, 1.165) is 25.1 Å². The van der Waals surface area contributed by atoms with Crippen molar-refractivity contribution in [1.82, 2.24) is 10.6 Å². The molecular weight excluding hydrogens is 240 g/mol. The number of rotatable bonds is 2. The third-order valence-electron chi connectivity index (χ3n) is 3.17. The number of halogens is 1. The van der Waals surface area contributed by atoms with E-state index >= 15 is 0 Å². The maximum atomic E-state index is 11.9. The second-order valence-electron chi connectivity index (χ2n) is 4.48. The SMILES string of the molecule is Cc1ccoc1C(=O)NC1CCNCC1C.Cl. The molecule has 0 aliphatic carbocycles. The van der Waals surface area contributed by atoms with Crippen LogP contribution in [0.4, 0.5) is 0 Å². The summed E-state index contributed by atoms with van der Waals surface area (Å²) in [7, 11) is 0. The Balaban J connectivity index is 0.00000144. The lowest BCUT2D eigenvalue weighted by atomic mass is 9.95. The zero-order valence-electron chi connectivity index (χ0n) is 10.2. The predicted molar refractivity (Wildman–Crippen MR) is 68.6 cm³/mol. The molecule has 2 atom stereocenters. The van der Waals surface area contributed by atoms with Gasteiger partial charge >= 0.3 is 0 Å². The number of amides is 1. The molecule has 0 aromatic carbocycles. The molecule has 2 unspecified atom stereocenters. The van der Waals surface area contributed by atoms with E-state index in [2.05, 4.69) is 17.6 Å². The minimum atomic E-state index is -0.0961. The molecule has 0 bridgehead atoms. The van der Waals surface area contributed by atoms with Gasteiger partial charge < -0.3 is 15.1 Å². The van der Waals surface area contributed by atoms with Gasteiger partial charge in [-0.05, 0) is 38.4 Å². The van der Waals surface area contributed by atoms with Crippen molar-refractivity contribution in [2.24, 2.45) is 5.92 Å². The molecular formula is C12H19ClN2O2. The maximum Gasteiger partial charge on any atom is 0.287 e. The molecule has 0 saturated carbocycles. The lowest BCUT2D eigenvalue weighted by Crippen LogP contribution is -2.48. The highest BCUT2D eigenvalue weighted by molar-refractivity contribution is 5.93. The second-order valence-corrected chi connectivity index (χ2v) is 4.48. The highest BCUT2D eigenvalue weighted by Crippen LogP contribution is 2.13. The van der Waals surface area contributed by atoms with E-state index in [0.29, 0.717) is 11.7 Å². The minimum Gasteiger partial charge on any atom is -0.459 e. The molecule has 1 amide bonds. The van der Waals surface area contributed by atoms with Crippen LogP contribution in [0.15, 0.2) is 16.7 Å². The van der Waals surface area contributed by atoms with Gasteiger partial charge in [-0.3, -0.25) is 4.79 Å². The van der Waals surface area contributed by atoms with E-state index in [1.165, 1.54) is 0 Å². The van der Waals surface area contributed by atoms with Crippen LogP contribution in [0.25, 0.3) is 0 Å². The van der Waals surface area contributed by atoms with E-state index in [1.807, 2.05) is 6.92 Å². The Kier molecular flexibility index (Phi) is 5.02. The molecule has 17 heavy (non-hydrogen) atoms. The summed E-state index contributed by atoms with van der Waals surface area (Å²) >= 11 is 0. The Morgan fingerprint density at radius 1 is 1.59 bits per heavy atom. The molecule has 1 aromatic rings. The fraction of sp³-hybridized carbons (Fsp3) is 0.583. The van der Waals surface area contributed by atoms with Crippen molar-refractivity contribution in [3.8, 4) is 0 Å². The molecule has 1 aliphatic rings. The molecule has 96 valence electrons. The first-order valence-corrected chi connectivity index (χ1v) is 5.74. The van der Waals surface area contributed by atoms with Crippen LogP contribution in [0.3, 0.4) is 0 Å². The Labute approximate surface area is 108 Å². The average molecular weight is 259 g/mol. The molecule has 1 saturated heterocycles. The van der Waals surface area contributed by atoms with Crippen LogP contribution in [0, 0.1) is 12.8 Å². The number of carbonyl (C=O) groups is 1. The Hall–Kier alpha value is -1.00. The lowest BCUT2D eigenvalue weighted by molar-refractivity contribution is 0.0885. The Morgan fingerprint density at radius 2 is 2.35 bits per heavy atom. The normalized spacial score (nSPS) is 23.9. The summed E-state index contributed by atoms with van der Waals surface area (Å²) in [5.74, 6) is 0.806. The molecule has 2 N–H and O–H groups in total. The summed E-state index contributed by atoms with van der Waals surface area (Å²) in [4.78, 5) is 11.9. The number of hydrogen-bond acceptors (Lipinski definition) is 3. The molecule has 5 heteroatoms. The van der Waals surface area contributed by atoms with Gasteiger partial charge in [-0.15, -0.1) is 12.4 Å². The third-order valence-corrected chi connectivity index (χ3v) is 3.17. The van der Waals surface area contributed by atoms with Crippen molar-refractivity contribution < 1.29 is 9.21 Å². The standard InChI is InChI=1S/C12H18N2O2.ClH/c1-8-4-6-16-11(8)12(15)14-10-3-5-13-7-9(10)2;/h4,6,9-10,13H,3,5,7H2,1-2H3,(H,14,15);1H. The van der Waals surface area contributed by atoms with Crippen molar-refractivity contribution in [2.75, 3.05) is 13.1 Å². The van der Waals surface area contributed by atoms with Gasteiger partial charge in [0.2, 0.25) is 0 Å². The number of aryl methyl sites for hydroxylation is 1. The summed E-state index contributed by atoms with van der Waals surface area (Å²) in [6.45, 7) is 5.95. The topological polar surface area (TPSA) is 54.3 Å². The average Bonchev–Trinajstić information content (AvgIpc) is 2.68. The molecule has 2 rings (SSSR count). The first-order chi connectivity index (χ1) is 7.68. The van der Waals surface area contributed by atoms with E-state index < -0.39 is 0 Å². The van der Waals surface area contributed by atoms with Gasteiger partial charge in [0.05, 0.1) is 6.26 Å². The van der Waals surface area contributed by atoms with Crippen LogP contribution in [0.5, 0.6) is 0 Å². The van der Waals surface area contributed by atoms with Gasteiger partial charge in [0.1, 0.15) is 0 Å². The Morgan fingerprint density at radius 3 is 2.94 bits per heavy atom. The zero-order valence-corrected chi connectivity index (χ0v) is 11.0. The highest BCUT2D eigenvalue weighted by atomic mass is 35.5. The van der Waals surface area contributed by atoms with Gasteiger partial charge in [-0.25, -0.2) is 0 Å². The van der Waals surface area contributed by atoms with Crippen LogP contribution in [-0.2, 0) is 0 Å². The Bertz CT molecular complexity index is 378. The van der Waals surface area contributed by atoms with Gasteiger partial charge in [-0.1, -0.05) is 6.92 Å². The maximum absolute atomic E-state index is 11.9. The van der Waals surface area contributed by atoms with Crippen molar-refractivity contribution in [3.05, 3.63) is 23.7 Å². The molecule has 1 aliphatic heterocycles. The van der Waals surface area contributed by atoms with Crippen LogP contribution in [0.1, 0.15) is 29.5 Å². The smallest absolute Gasteiger partial charge is 0.287 e. The lowest BCUT2D eigenvalue weighted by Gasteiger charge is -2.29. The summed E-state index contributed by atoms with van der Waals surface area (Å²) in [6, 6.07) is 2.05. The van der Waals surface area contributed by atoms with E-state index in [4.69, 9.17) is 4.42 Å². The monoisotopic (exact) mass is 258 g/mol. The number of piperidine rings is 1. The van der Waals surface area contributed by atoms with Crippen LogP contribution >= 0.6 is 12.4 Å². The first-order valence-electron chi connectivity index (χ1n) is 5.74. The third kappa shape index (κ3) is 3.23. The molecule has 1 aromatic heterocycles. The highest BCUT2D eigenvalue weighted by Gasteiger charge is 2.24. The summed E-state index contributed by atoms with van der Waals surface area (Å²) in [5.41, 5.74) is 0.888. The van der Waals surface area contributed by atoms with Gasteiger partial charge in [0.25, 0.3) is 5.91 Å². The quantitative estimate of drug-likeness (QED) is 0.850. The molecule has 1 fully saturated rings. The molecule has 0 spiro atoms. The van der Waals surface area contributed by atoms with Gasteiger partial charge in [-0.2, -0.15) is 0 Å². The summed E-state index contributed by atoms with van der Waals surface area (Å²) < 4.78 is 5.18. The number of hydrogen-bond donors (Lipinski definition) is 2. The summed E-state index contributed by atoms with van der Waals surface area (Å²) in [6.07, 6.45) is 2.53. The van der Waals surface area contributed by atoms with Crippen molar-refractivity contribution in [3.63, 3.8) is 0 Å². The molecule has 4 nitrogen and oxygen atoms in total. The zero-order chi connectivity index (χ0) is 11.5. The van der Waals surface area contributed by atoms with Crippen molar-refractivity contribution in [1.29, 1.82) is 0 Å². The van der Waals surface area contributed by atoms with Crippen molar-refractivity contribution >= 4 is 18.3 Å². The number of furan rings is 1. The van der Waals surface area contributed by atoms with Crippen LogP contribution in [0.2, 0.25) is 0 Å². The van der Waals surface area contributed by atoms with Crippen LogP contribution < -0.4 is 10.6 Å². The van der Waals surface area contributed by atoms with Gasteiger partial charge in [0.15, 0.2) is 5.76 Å². The number of nitrogens with one attached hydrogen (secondary N) is 2. The fourth-order valence-electron chi connectivity index (χ4n) is 2.07. The molecule has 2 heterocycles. The van der Waals surface area contributed by atoms with Crippen molar-refractivity contribution in [2.45, 2.75) is 26.3 Å². The largest absolute Gasteiger partial charge is 0.459 e.